The lowest BCUT2D eigenvalue weighted by molar-refractivity contribution is -0.188. The molecule has 1 unspecified atom stereocenters. The minimum Gasteiger partial charge on any atom is -0.342 e. The quantitative estimate of drug-likeness (QED) is 0.882. The fourth-order valence-corrected chi connectivity index (χ4v) is 3.43. The predicted molar refractivity (Wildman–Crippen MR) is 87.3 cm³/mol. The highest BCUT2D eigenvalue weighted by Gasteiger charge is 2.61. The molecule has 0 bridgehead atoms. The van der Waals surface area contributed by atoms with E-state index in [2.05, 4.69) is 10.3 Å². The van der Waals surface area contributed by atoms with E-state index in [9.17, 15) is 22.8 Å². The van der Waals surface area contributed by atoms with Crippen LogP contribution in [0.2, 0.25) is 0 Å². The van der Waals surface area contributed by atoms with E-state index in [0.29, 0.717) is 18.8 Å². The van der Waals surface area contributed by atoms with E-state index >= 15 is 0 Å². The fraction of sp³-hybridized carbons (Fsp3) is 0.706. The molecule has 2 fully saturated rings. The van der Waals surface area contributed by atoms with Crippen LogP contribution in [-0.4, -0.2) is 51.1 Å². The summed E-state index contributed by atoms with van der Waals surface area (Å²) < 4.78 is 40.5. The first-order valence-corrected chi connectivity index (χ1v) is 8.64. The maximum Gasteiger partial charge on any atom is 0.410 e. The standard InChI is InChI=1S/C17H23F3N4O2/c1-9(2)24-7-12(21-8-24)15(26)23-5-10-11(6-23)13(10)14(25)22-16(3,4)17(18,19)20/h7-11,13H,5-6H2,1-4H3,(H,22,25)/t10-,11+,13?. The summed E-state index contributed by atoms with van der Waals surface area (Å²) in [5, 5.41) is 2.10. The maximum absolute atomic E-state index is 12.9. The third-order valence-corrected chi connectivity index (χ3v) is 5.35. The molecule has 26 heavy (non-hydrogen) atoms. The van der Waals surface area contributed by atoms with Crippen LogP contribution in [-0.2, 0) is 4.79 Å². The first kappa shape index (κ1) is 18.7. The molecular formula is C17H23F3N4O2. The van der Waals surface area contributed by atoms with E-state index in [0.717, 1.165) is 13.8 Å². The number of likely N-dealkylation sites (tertiary alicyclic amines) is 1. The minimum absolute atomic E-state index is 0.0739. The van der Waals surface area contributed by atoms with E-state index in [4.69, 9.17) is 0 Å². The molecule has 3 atom stereocenters. The Morgan fingerprint density at radius 3 is 2.27 bits per heavy atom. The second kappa shape index (κ2) is 5.99. The first-order valence-electron chi connectivity index (χ1n) is 8.64. The van der Waals surface area contributed by atoms with Crippen LogP contribution in [0.3, 0.4) is 0 Å². The molecule has 2 aliphatic rings. The van der Waals surface area contributed by atoms with E-state index in [-0.39, 0.29) is 23.8 Å². The Hall–Kier alpha value is -2.06. The van der Waals surface area contributed by atoms with Gasteiger partial charge < -0.3 is 14.8 Å². The fourth-order valence-electron chi connectivity index (χ4n) is 3.43. The first-order chi connectivity index (χ1) is 11.9. The van der Waals surface area contributed by atoms with Crippen molar-refractivity contribution in [2.45, 2.75) is 45.5 Å². The largest absolute Gasteiger partial charge is 0.410 e. The number of hydrogen-bond donors (Lipinski definition) is 1. The van der Waals surface area contributed by atoms with Gasteiger partial charge in [0, 0.05) is 31.2 Å². The van der Waals surface area contributed by atoms with Crippen LogP contribution < -0.4 is 5.32 Å². The van der Waals surface area contributed by atoms with Gasteiger partial charge in [0.2, 0.25) is 5.91 Å². The summed E-state index contributed by atoms with van der Waals surface area (Å²) in [6.07, 6.45) is -1.22. The van der Waals surface area contributed by atoms with Gasteiger partial charge in [-0.3, -0.25) is 9.59 Å². The molecule has 1 aliphatic heterocycles. The summed E-state index contributed by atoms with van der Waals surface area (Å²) in [6.45, 7) is 6.61. The smallest absolute Gasteiger partial charge is 0.342 e. The van der Waals surface area contributed by atoms with Crippen molar-refractivity contribution >= 4 is 11.8 Å². The Labute approximate surface area is 149 Å². The second-order valence-corrected chi connectivity index (χ2v) is 7.98. The van der Waals surface area contributed by atoms with Gasteiger partial charge in [-0.05, 0) is 39.5 Å². The number of piperidine rings is 1. The molecule has 0 spiro atoms. The summed E-state index contributed by atoms with van der Waals surface area (Å²) in [6, 6.07) is 0.195. The van der Waals surface area contributed by atoms with Crippen molar-refractivity contribution in [3.8, 4) is 0 Å². The summed E-state index contributed by atoms with van der Waals surface area (Å²) >= 11 is 0. The average molecular weight is 372 g/mol. The van der Waals surface area contributed by atoms with Crippen LogP contribution in [0.1, 0.15) is 44.2 Å². The molecular weight excluding hydrogens is 349 g/mol. The molecule has 0 aromatic carbocycles. The normalized spacial score (nSPS) is 25.4. The van der Waals surface area contributed by atoms with Crippen molar-refractivity contribution in [1.29, 1.82) is 0 Å². The lowest BCUT2D eigenvalue weighted by Gasteiger charge is -2.29. The third kappa shape index (κ3) is 3.19. The number of imidazole rings is 1. The van der Waals surface area contributed by atoms with Crippen molar-refractivity contribution in [3.05, 3.63) is 18.2 Å². The zero-order valence-electron chi connectivity index (χ0n) is 15.2. The van der Waals surface area contributed by atoms with Gasteiger partial charge in [-0.15, -0.1) is 0 Å². The Balaban J connectivity index is 1.56. The molecule has 6 nitrogen and oxygen atoms in total. The number of alkyl halides is 3. The van der Waals surface area contributed by atoms with Gasteiger partial charge >= 0.3 is 6.18 Å². The minimum atomic E-state index is -4.51. The van der Waals surface area contributed by atoms with Crippen molar-refractivity contribution in [2.24, 2.45) is 17.8 Å². The van der Waals surface area contributed by atoms with Crippen molar-refractivity contribution in [1.82, 2.24) is 19.8 Å². The summed E-state index contributed by atoms with van der Waals surface area (Å²) in [5.74, 6) is -1.39. The third-order valence-electron chi connectivity index (χ3n) is 5.35. The molecule has 1 aliphatic carbocycles. The maximum atomic E-state index is 12.9. The monoisotopic (exact) mass is 372 g/mol. The number of amides is 2. The van der Waals surface area contributed by atoms with Crippen LogP contribution >= 0.6 is 0 Å². The number of rotatable bonds is 4. The SMILES string of the molecule is CC(C)n1cnc(C(=O)N2C[C@@H]3C(C(=O)NC(C)(C)C(F)(F)F)[C@@H]3C2)c1. The molecule has 1 saturated heterocycles. The van der Waals surface area contributed by atoms with Crippen molar-refractivity contribution in [2.75, 3.05) is 13.1 Å². The molecule has 1 saturated carbocycles. The van der Waals surface area contributed by atoms with Crippen LogP contribution in [0.15, 0.2) is 12.5 Å². The highest BCUT2D eigenvalue weighted by molar-refractivity contribution is 5.93. The molecule has 2 heterocycles. The van der Waals surface area contributed by atoms with E-state index in [1.165, 1.54) is 0 Å². The zero-order valence-corrected chi connectivity index (χ0v) is 15.2. The predicted octanol–water partition coefficient (Wildman–Crippen LogP) is 2.24. The molecule has 3 rings (SSSR count). The van der Waals surface area contributed by atoms with Crippen LogP contribution in [0, 0.1) is 17.8 Å². The van der Waals surface area contributed by atoms with E-state index in [1.807, 2.05) is 18.4 Å². The number of carbonyl (C=O) groups excluding carboxylic acids is 2. The molecule has 1 aromatic rings. The summed E-state index contributed by atoms with van der Waals surface area (Å²) in [7, 11) is 0. The summed E-state index contributed by atoms with van der Waals surface area (Å²) in [5.41, 5.74) is -1.92. The van der Waals surface area contributed by atoms with Gasteiger partial charge in [-0.1, -0.05) is 0 Å². The van der Waals surface area contributed by atoms with E-state index < -0.39 is 23.5 Å². The summed E-state index contributed by atoms with van der Waals surface area (Å²) in [4.78, 5) is 30.4. The van der Waals surface area contributed by atoms with Gasteiger partial charge in [-0.25, -0.2) is 4.98 Å². The lowest BCUT2D eigenvalue weighted by atomic mass is 10.0. The van der Waals surface area contributed by atoms with Gasteiger partial charge in [-0.2, -0.15) is 13.2 Å². The number of nitrogens with one attached hydrogen (secondary N) is 1. The molecule has 1 aromatic heterocycles. The van der Waals surface area contributed by atoms with Crippen LogP contribution in [0.5, 0.6) is 0 Å². The average Bonchev–Trinajstić information content (AvgIpc) is 2.92. The second-order valence-electron chi connectivity index (χ2n) is 7.98. The zero-order chi connectivity index (χ0) is 19.4. The number of hydrogen-bond acceptors (Lipinski definition) is 3. The number of fused-ring (bicyclic) bond motifs is 1. The van der Waals surface area contributed by atoms with Crippen LogP contribution in [0.4, 0.5) is 13.2 Å². The highest BCUT2D eigenvalue weighted by Crippen LogP contribution is 2.52. The van der Waals surface area contributed by atoms with Gasteiger partial charge in [0.1, 0.15) is 11.2 Å². The van der Waals surface area contributed by atoms with Crippen molar-refractivity contribution < 1.29 is 22.8 Å². The molecule has 144 valence electrons. The number of aromatic nitrogens is 2. The Bertz CT molecular complexity index is 714. The number of nitrogens with zero attached hydrogens (tertiary/aromatic N) is 3. The number of halogens is 3. The highest BCUT2D eigenvalue weighted by atomic mass is 19.4. The molecule has 0 radical (unpaired) electrons. The van der Waals surface area contributed by atoms with Gasteiger partial charge in [0.25, 0.3) is 5.91 Å². The molecule has 2 amide bonds. The number of carbonyl (C=O) groups is 2. The Morgan fingerprint density at radius 1 is 1.23 bits per heavy atom. The molecule has 1 N–H and O–H groups in total. The lowest BCUT2D eigenvalue weighted by Crippen LogP contribution is -2.55. The van der Waals surface area contributed by atoms with Gasteiger partial charge in [0.05, 0.1) is 6.33 Å². The Morgan fingerprint density at radius 2 is 1.81 bits per heavy atom. The van der Waals surface area contributed by atoms with E-state index in [1.54, 1.807) is 17.4 Å². The Kier molecular flexibility index (Phi) is 4.31. The van der Waals surface area contributed by atoms with Gasteiger partial charge in [0.15, 0.2) is 0 Å². The molecule has 9 heteroatoms. The van der Waals surface area contributed by atoms with Crippen molar-refractivity contribution in [3.63, 3.8) is 0 Å². The topological polar surface area (TPSA) is 67.2 Å². The van der Waals surface area contributed by atoms with Crippen LogP contribution in [0.25, 0.3) is 0 Å².